The van der Waals surface area contributed by atoms with E-state index in [-0.39, 0.29) is 0 Å². The van der Waals surface area contributed by atoms with Crippen LogP contribution in [0.3, 0.4) is 0 Å². The van der Waals surface area contributed by atoms with Crippen LogP contribution < -0.4 is 0 Å². The van der Waals surface area contributed by atoms with Crippen molar-refractivity contribution < 1.29 is 0 Å². The minimum absolute atomic E-state index is 0.999. The quantitative estimate of drug-likeness (QED) is 0.546. The van der Waals surface area contributed by atoms with Crippen molar-refractivity contribution in [3.05, 3.63) is 11.9 Å². The second-order valence-corrected chi connectivity index (χ2v) is 2.45. The molecule has 0 N–H and O–H groups in total. The molecule has 0 spiro atoms. The molecular formula is C8H16N2. The van der Waals surface area contributed by atoms with E-state index in [0.29, 0.717) is 0 Å². The van der Waals surface area contributed by atoms with Gasteiger partial charge in [-0.05, 0) is 13.3 Å². The minimum atomic E-state index is 0.999. The summed E-state index contributed by atoms with van der Waals surface area (Å²) in [6.07, 6.45) is 4.90. The summed E-state index contributed by atoms with van der Waals surface area (Å²) < 4.78 is 0. The Balaban J connectivity index is 3.82. The Morgan fingerprint density at radius 2 is 2.10 bits per heavy atom. The van der Waals surface area contributed by atoms with Gasteiger partial charge in [0, 0.05) is 26.5 Å². The van der Waals surface area contributed by atoms with Crippen LogP contribution >= 0.6 is 0 Å². The summed E-state index contributed by atoms with van der Waals surface area (Å²) in [6.45, 7) is 4.07. The van der Waals surface area contributed by atoms with Gasteiger partial charge < -0.3 is 4.90 Å². The molecule has 58 valence electrons. The van der Waals surface area contributed by atoms with E-state index in [1.54, 1.807) is 0 Å². The first-order valence-corrected chi connectivity index (χ1v) is 3.54. The highest BCUT2D eigenvalue weighted by Crippen LogP contribution is 1.93. The van der Waals surface area contributed by atoms with Crippen molar-refractivity contribution in [3.8, 4) is 0 Å². The van der Waals surface area contributed by atoms with Crippen LogP contribution in [0.25, 0.3) is 0 Å². The molecule has 0 fully saturated rings. The second kappa shape index (κ2) is 5.03. The fourth-order valence-corrected chi connectivity index (χ4v) is 0.642. The molecule has 0 aliphatic heterocycles. The van der Waals surface area contributed by atoms with Gasteiger partial charge in [-0.1, -0.05) is 6.92 Å². The topological polar surface area (TPSA) is 15.6 Å². The van der Waals surface area contributed by atoms with Crippen molar-refractivity contribution in [3.63, 3.8) is 0 Å². The van der Waals surface area contributed by atoms with E-state index < -0.39 is 0 Å². The predicted octanol–water partition coefficient (Wildman–Crippen LogP) is 1.89. The molecule has 0 amide bonds. The molecule has 0 aromatic heterocycles. The largest absolute Gasteiger partial charge is 0.382 e. The summed E-state index contributed by atoms with van der Waals surface area (Å²) in [5.74, 6) is 0. The van der Waals surface area contributed by atoms with E-state index in [1.807, 2.05) is 38.3 Å². The van der Waals surface area contributed by atoms with Gasteiger partial charge in [-0.2, -0.15) is 0 Å². The average molecular weight is 140 g/mol. The van der Waals surface area contributed by atoms with E-state index in [2.05, 4.69) is 11.9 Å². The number of aliphatic imine (C=N–C) groups is 1. The zero-order valence-electron chi connectivity index (χ0n) is 7.26. The molecule has 0 bridgehead atoms. The molecule has 0 unspecified atom stereocenters. The third-order valence-electron chi connectivity index (χ3n) is 0.923. The minimum Gasteiger partial charge on any atom is -0.382 e. The number of nitrogens with zero attached hydrogens (tertiary/aromatic N) is 2. The molecule has 10 heavy (non-hydrogen) atoms. The van der Waals surface area contributed by atoms with Gasteiger partial charge in [0.2, 0.25) is 0 Å². The van der Waals surface area contributed by atoms with E-state index in [0.717, 1.165) is 12.1 Å². The summed E-state index contributed by atoms with van der Waals surface area (Å²) in [6, 6.07) is 0. The van der Waals surface area contributed by atoms with Gasteiger partial charge in [-0.15, -0.1) is 0 Å². The standard InChI is InChI=1S/C8H16N2/c1-5-6-9-8(2)7-10(3)4/h6-7H,5H2,1-4H3/b8-7-,9-6+. The van der Waals surface area contributed by atoms with Gasteiger partial charge in [-0.3, -0.25) is 4.99 Å². The lowest BCUT2D eigenvalue weighted by molar-refractivity contribution is 0.557. The molecule has 0 aromatic rings. The molecule has 2 nitrogen and oxygen atoms in total. The van der Waals surface area contributed by atoms with Crippen LogP contribution in [-0.2, 0) is 0 Å². The predicted molar refractivity (Wildman–Crippen MR) is 46.2 cm³/mol. The maximum absolute atomic E-state index is 4.18. The Labute approximate surface area is 63.3 Å². The maximum atomic E-state index is 4.18. The summed E-state index contributed by atoms with van der Waals surface area (Å²) in [4.78, 5) is 6.17. The van der Waals surface area contributed by atoms with Gasteiger partial charge in [-0.25, -0.2) is 0 Å². The summed E-state index contributed by atoms with van der Waals surface area (Å²) in [5.41, 5.74) is 1.05. The van der Waals surface area contributed by atoms with Crippen LogP contribution in [0.4, 0.5) is 0 Å². The van der Waals surface area contributed by atoms with Crippen LogP contribution in [-0.4, -0.2) is 25.2 Å². The fraction of sp³-hybridized carbons (Fsp3) is 0.625. The van der Waals surface area contributed by atoms with Crippen molar-refractivity contribution in [1.82, 2.24) is 4.90 Å². The van der Waals surface area contributed by atoms with E-state index in [4.69, 9.17) is 0 Å². The highest BCUT2D eigenvalue weighted by atomic mass is 15.0. The second-order valence-electron chi connectivity index (χ2n) is 2.45. The van der Waals surface area contributed by atoms with Crippen LogP contribution in [0.15, 0.2) is 16.9 Å². The molecule has 0 radical (unpaired) electrons. The smallest absolute Gasteiger partial charge is 0.0526 e. The molecule has 0 aliphatic rings. The van der Waals surface area contributed by atoms with Crippen LogP contribution in [0.1, 0.15) is 20.3 Å². The lowest BCUT2D eigenvalue weighted by Crippen LogP contribution is -2.01. The first-order chi connectivity index (χ1) is 4.66. The van der Waals surface area contributed by atoms with Crippen molar-refractivity contribution in [2.24, 2.45) is 4.99 Å². The van der Waals surface area contributed by atoms with Gasteiger partial charge in [0.25, 0.3) is 0 Å². The molecule has 0 heterocycles. The number of hydrogen-bond donors (Lipinski definition) is 0. The Kier molecular flexibility index (Phi) is 4.63. The molecule has 0 aromatic carbocycles. The number of rotatable bonds is 3. The maximum Gasteiger partial charge on any atom is 0.0526 e. The highest BCUT2D eigenvalue weighted by Gasteiger charge is 1.81. The first kappa shape index (κ1) is 9.21. The third-order valence-corrected chi connectivity index (χ3v) is 0.923. The Morgan fingerprint density at radius 3 is 2.50 bits per heavy atom. The Bertz CT molecular complexity index is 134. The first-order valence-electron chi connectivity index (χ1n) is 3.54. The van der Waals surface area contributed by atoms with Crippen LogP contribution in [0, 0.1) is 0 Å². The highest BCUT2D eigenvalue weighted by molar-refractivity contribution is 5.58. The van der Waals surface area contributed by atoms with Gasteiger partial charge >= 0.3 is 0 Å². The number of allylic oxidation sites excluding steroid dienone is 1. The normalized spacial score (nSPS) is 12.6. The van der Waals surface area contributed by atoms with Gasteiger partial charge in [0.15, 0.2) is 0 Å². The molecule has 0 saturated heterocycles. The van der Waals surface area contributed by atoms with Crippen molar-refractivity contribution in [2.75, 3.05) is 14.1 Å². The SMILES string of the molecule is CC/C=N/C(C)=C\N(C)C. The Morgan fingerprint density at radius 1 is 1.50 bits per heavy atom. The van der Waals surface area contributed by atoms with E-state index >= 15 is 0 Å². The van der Waals surface area contributed by atoms with E-state index in [9.17, 15) is 0 Å². The van der Waals surface area contributed by atoms with Crippen molar-refractivity contribution >= 4 is 6.21 Å². The van der Waals surface area contributed by atoms with Gasteiger partial charge in [0.1, 0.15) is 0 Å². The summed E-state index contributed by atoms with van der Waals surface area (Å²) >= 11 is 0. The summed E-state index contributed by atoms with van der Waals surface area (Å²) in [5, 5.41) is 0. The molecule has 0 aliphatic carbocycles. The van der Waals surface area contributed by atoms with Crippen LogP contribution in [0.5, 0.6) is 0 Å². The van der Waals surface area contributed by atoms with Crippen LogP contribution in [0.2, 0.25) is 0 Å². The lowest BCUT2D eigenvalue weighted by Gasteiger charge is -2.03. The third kappa shape index (κ3) is 5.35. The van der Waals surface area contributed by atoms with Gasteiger partial charge in [0.05, 0.1) is 5.70 Å². The van der Waals surface area contributed by atoms with Crippen molar-refractivity contribution in [1.29, 1.82) is 0 Å². The molecular weight excluding hydrogens is 124 g/mol. The molecule has 2 heteroatoms. The molecule has 0 saturated carbocycles. The Hall–Kier alpha value is -0.790. The fourth-order valence-electron chi connectivity index (χ4n) is 0.642. The lowest BCUT2D eigenvalue weighted by atomic mass is 10.5. The van der Waals surface area contributed by atoms with Crippen molar-refractivity contribution in [2.45, 2.75) is 20.3 Å². The molecule has 0 atom stereocenters. The van der Waals surface area contributed by atoms with E-state index in [1.165, 1.54) is 0 Å². The average Bonchev–Trinajstić information content (AvgIpc) is 1.82. The zero-order valence-corrected chi connectivity index (χ0v) is 7.26. The number of hydrogen-bond acceptors (Lipinski definition) is 2. The monoisotopic (exact) mass is 140 g/mol. The zero-order chi connectivity index (χ0) is 7.98. The summed E-state index contributed by atoms with van der Waals surface area (Å²) in [7, 11) is 3.98. The molecule has 0 rings (SSSR count).